The smallest absolute Gasteiger partial charge is 0.294 e. The molecular formula is C20H35N6O7S. The molecule has 4 unspecified atom stereocenters. The first kappa shape index (κ1) is 26.8. The molecule has 2 saturated heterocycles. The summed E-state index contributed by atoms with van der Waals surface area (Å²) in [5.41, 5.74) is -1.91. The molecule has 0 bridgehead atoms. The predicted molar refractivity (Wildman–Crippen MR) is 123 cm³/mol. The fourth-order valence-corrected chi connectivity index (χ4v) is 5.17. The van der Waals surface area contributed by atoms with Crippen LogP contribution in [-0.2, 0) is 14.8 Å². The minimum atomic E-state index is -0.904. The monoisotopic (exact) mass is 503 g/mol. The van der Waals surface area contributed by atoms with E-state index in [-0.39, 0.29) is 31.2 Å². The van der Waals surface area contributed by atoms with E-state index in [1.54, 1.807) is 13.8 Å². The molecule has 2 N–H and O–H groups in total. The van der Waals surface area contributed by atoms with E-state index in [4.69, 9.17) is 9.47 Å². The Bertz CT molecular complexity index is 861. The summed E-state index contributed by atoms with van der Waals surface area (Å²) in [6.45, 7) is 13.5. The Morgan fingerprint density at radius 2 is 2.00 bits per heavy atom. The minimum Gasteiger partial charge on any atom is -0.472 e. The van der Waals surface area contributed by atoms with Gasteiger partial charge in [0.15, 0.2) is 0 Å². The minimum absolute atomic E-state index is 0.00361. The second-order valence-corrected chi connectivity index (χ2v) is 11.4. The van der Waals surface area contributed by atoms with Gasteiger partial charge in [0.05, 0.1) is 35.0 Å². The van der Waals surface area contributed by atoms with Crippen LogP contribution in [0.15, 0.2) is 0 Å². The van der Waals surface area contributed by atoms with Crippen LogP contribution in [0.25, 0.3) is 0 Å². The van der Waals surface area contributed by atoms with E-state index in [1.807, 2.05) is 39.5 Å². The fraction of sp³-hybridized carbons (Fsp3) is 0.900. The molecule has 0 aromatic carbocycles. The van der Waals surface area contributed by atoms with Crippen molar-refractivity contribution in [1.82, 2.24) is 19.1 Å². The Balaban J connectivity index is 1.83. The summed E-state index contributed by atoms with van der Waals surface area (Å²) in [5, 5.41) is 37.7. The number of rotatable bonds is 9. The molecule has 3 rings (SSSR count). The van der Waals surface area contributed by atoms with Crippen molar-refractivity contribution in [3.63, 3.8) is 0 Å². The standard InChI is InChI=1S/C20H35N6O7S/c1-18(2,3)21-8-12(27)10-31-17-16(22-34-23-17)24-9-13(11-32-26(29)30)33-15-14(24)19(4,5)25(28)20(15,6)7/h12-15,21,27H,8-11H2,1-7H3. The number of aliphatic hydroxyl groups excluding tert-OH is 1. The van der Waals surface area contributed by atoms with Crippen molar-refractivity contribution in [3.05, 3.63) is 10.1 Å². The number of aliphatic hydroxyl groups is 1. The summed E-state index contributed by atoms with van der Waals surface area (Å²) in [5.74, 6) is 0.636. The van der Waals surface area contributed by atoms with Gasteiger partial charge in [0.1, 0.15) is 25.4 Å². The van der Waals surface area contributed by atoms with Crippen LogP contribution in [0.3, 0.4) is 0 Å². The van der Waals surface area contributed by atoms with Gasteiger partial charge in [-0.3, -0.25) is 0 Å². The molecule has 193 valence electrons. The van der Waals surface area contributed by atoms with Gasteiger partial charge in [-0.1, -0.05) is 0 Å². The highest BCUT2D eigenvalue weighted by Crippen LogP contribution is 2.48. The zero-order valence-electron chi connectivity index (χ0n) is 20.7. The van der Waals surface area contributed by atoms with Crippen molar-refractivity contribution in [3.8, 4) is 5.88 Å². The number of β-amino-alcohol motifs (C(OH)–C–C–N with tert-alkyl or cyclic N) is 1. The van der Waals surface area contributed by atoms with E-state index < -0.39 is 40.5 Å². The van der Waals surface area contributed by atoms with E-state index in [0.717, 1.165) is 16.8 Å². The molecule has 2 fully saturated rings. The molecule has 14 heteroatoms. The number of ether oxygens (including phenoxy) is 2. The molecule has 4 atom stereocenters. The van der Waals surface area contributed by atoms with Crippen molar-refractivity contribution in [2.45, 2.75) is 89.4 Å². The molecule has 0 spiro atoms. The van der Waals surface area contributed by atoms with Gasteiger partial charge in [0, 0.05) is 18.6 Å². The van der Waals surface area contributed by atoms with Crippen LogP contribution in [0, 0.1) is 10.1 Å². The molecule has 1 aromatic rings. The fourth-order valence-electron chi connectivity index (χ4n) is 4.66. The molecule has 2 aliphatic heterocycles. The molecule has 3 heterocycles. The Labute approximate surface area is 203 Å². The van der Waals surface area contributed by atoms with E-state index in [0.29, 0.717) is 12.4 Å². The van der Waals surface area contributed by atoms with Crippen molar-refractivity contribution < 1.29 is 29.7 Å². The average molecular weight is 504 g/mol. The quantitative estimate of drug-likeness (QED) is 0.367. The number of nitrogens with zero attached hydrogens (tertiary/aromatic N) is 5. The zero-order valence-corrected chi connectivity index (χ0v) is 21.5. The lowest BCUT2D eigenvalue weighted by molar-refractivity contribution is -0.759. The number of hydroxylamine groups is 2. The third-order valence-corrected chi connectivity index (χ3v) is 6.69. The third-order valence-electron chi connectivity index (χ3n) is 6.19. The topological polar surface area (TPSA) is 155 Å². The Morgan fingerprint density at radius 3 is 2.62 bits per heavy atom. The molecule has 1 aromatic heterocycles. The largest absolute Gasteiger partial charge is 0.472 e. The van der Waals surface area contributed by atoms with Crippen LogP contribution in [-0.4, -0.2) is 91.3 Å². The lowest BCUT2D eigenvalue weighted by atomic mass is 9.88. The van der Waals surface area contributed by atoms with Crippen LogP contribution < -0.4 is 15.0 Å². The molecule has 2 aliphatic rings. The van der Waals surface area contributed by atoms with Crippen molar-refractivity contribution in [2.75, 3.05) is 31.2 Å². The van der Waals surface area contributed by atoms with Crippen LogP contribution in [0.2, 0.25) is 0 Å². The maximum atomic E-state index is 13.2. The summed E-state index contributed by atoms with van der Waals surface area (Å²) in [4.78, 5) is 17.2. The Morgan fingerprint density at radius 1 is 1.32 bits per heavy atom. The second kappa shape index (κ2) is 9.66. The second-order valence-electron chi connectivity index (χ2n) is 10.9. The van der Waals surface area contributed by atoms with Gasteiger partial charge < -0.3 is 29.6 Å². The summed E-state index contributed by atoms with van der Waals surface area (Å²) in [6.07, 6.45) is -2.03. The van der Waals surface area contributed by atoms with Gasteiger partial charge in [0.2, 0.25) is 5.82 Å². The normalized spacial score (nSPS) is 27.3. The summed E-state index contributed by atoms with van der Waals surface area (Å²) >= 11 is 0.948. The molecule has 0 aliphatic carbocycles. The summed E-state index contributed by atoms with van der Waals surface area (Å²) in [6, 6.07) is -0.425. The number of fused-ring (bicyclic) bond motifs is 1. The van der Waals surface area contributed by atoms with Gasteiger partial charge in [0.25, 0.3) is 11.0 Å². The van der Waals surface area contributed by atoms with Crippen molar-refractivity contribution in [2.24, 2.45) is 0 Å². The lowest BCUT2D eigenvalue weighted by Crippen LogP contribution is -2.62. The molecule has 13 nitrogen and oxygen atoms in total. The third kappa shape index (κ3) is 5.52. The number of nitrogens with one attached hydrogen (secondary N) is 1. The average Bonchev–Trinajstić information content (AvgIpc) is 3.25. The Kier molecular flexibility index (Phi) is 7.60. The van der Waals surface area contributed by atoms with E-state index in [2.05, 4.69) is 18.9 Å². The highest BCUT2D eigenvalue weighted by Gasteiger charge is 2.64. The van der Waals surface area contributed by atoms with Crippen LogP contribution in [0.4, 0.5) is 5.82 Å². The van der Waals surface area contributed by atoms with E-state index >= 15 is 0 Å². The van der Waals surface area contributed by atoms with Crippen LogP contribution in [0.5, 0.6) is 5.88 Å². The lowest BCUT2D eigenvalue weighted by Gasteiger charge is -2.46. The van der Waals surface area contributed by atoms with Gasteiger partial charge in [-0.15, -0.1) is 24.8 Å². The Hall–Kier alpha value is -1.84. The van der Waals surface area contributed by atoms with Crippen LogP contribution in [0.1, 0.15) is 48.5 Å². The molecule has 1 radical (unpaired) electrons. The summed E-state index contributed by atoms with van der Waals surface area (Å²) < 4.78 is 20.7. The van der Waals surface area contributed by atoms with Crippen molar-refractivity contribution >= 4 is 17.5 Å². The number of aromatic nitrogens is 2. The maximum absolute atomic E-state index is 13.2. The number of morpholine rings is 1. The van der Waals surface area contributed by atoms with E-state index in [9.17, 15) is 20.4 Å². The first-order valence-corrected chi connectivity index (χ1v) is 11.9. The molecular weight excluding hydrogens is 468 g/mol. The first-order valence-electron chi connectivity index (χ1n) is 11.2. The maximum Gasteiger partial charge on any atom is 0.294 e. The van der Waals surface area contributed by atoms with Gasteiger partial charge in [-0.05, 0) is 48.5 Å². The number of hydrogen-bond donors (Lipinski definition) is 2. The number of anilines is 1. The van der Waals surface area contributed by atoms with Crippen LogP contribution >= 0.6 is 11.7 Å². The number of hydrogen-bond acceptors (Lipinski definition) is 12. The van der Waals surface area contributed by atoms with Gasteiger partial charge in [-0.2, -0.15) is 4.37 Å². The van der Waals surface area contributed by atoms with Gasteiger partial charge in [-0.25, -0.2) is 0 Å². The highest BCUT2D eigenvalue weighted by atomic mass is 32.1. The van der Waals surface area contributed by atoms with E-state index in [1.165, 1.54) is 0 Å². The molecule has 34 heavy (non-hydrogen) atoms. The summed E-state index contributed by atoms with van der Waals surface area (Å²) in [7, 11) is 0. The van der Waals surface area contributed by atoms with Crippen molar-refractivity contribution in [1.29, 1.82) is 0 Å². The first-order chi connectivity index (χ1) is 15.6. The molecule has 0 saturated carbocycles. The predicted octanol–water partition coefficient (Wildman–Crippen LogP) is 1.03. The van der Waals surface area contributed by atoms with Gasteiger partial charge >= 0.3 is 0 Å². The highest BCUT2D eigenvalue weighted by molar-refractivity contribution is 6.99. The zero-order chi connectivity index (χ0) is 25.5. The molecule has 0 amide bonds. The SMILES string of the molecule is CC(C)(C)NCC(O)COc1nsnc1N1CC(CO[N+](=O)[O-])OC2C1C(C)(C)N([O])C2(C)C.